The lowest BCUT2D eigenvalue weighted by molar-refractivity contribution is -0.119. The highest BCUT2D eigenvalue weighted by molar-refractivity contribution is 7.99. The fourth-order valence-corrected chi connectivity index (χ4v) is 3.57. The second kappa shape index (κ2) is 6.59. The molecule has 6 heteroatoms. The molecule has 0 bridgehead atoms. The molecule has 2 saturated carbocycles. The number of hydrogen-bond acceptors (Lipinski definition) is 4. The van der Waals surface area contributed by atoms with Crippen LogP contribution in [0.2, 0.25) is 0 Å². The molecule has 1 heterocycles. The van der Waals surface area contributed by atoms with Crippen molar-refractivity contribution in [3.8, 4) is 11.3 Å². The van der Waals surface area contributed by atoms with E-state index in [2.05, 4.69) is 10.3 Å². The maximum atomic E-state index is 12.9. The number of nitrogens with one attached hydrogen (secondary N) is 1. The third-order valence-electron chi connectivity index (χ3n) is 4.53. The van der Waals surface area contributed by atoms with Crippen LogP contribution in [0.15, 0.2) is 40.1 Å². The molecule has 1 N–H and O–H groups in total. The topological polar surface area (TPSA) is 55.1 Å². The van der Waals surface area contributed by atoms with Gasteiger partial charge in [-0.1, -0.05) is 11.8 Å². The first kappa shape index (κ1) is 15.7. The lowest BCUT2D eigenvalue weighted by Crippen LogP contribution is -2.39. The van der Waals surface area contributed by atoms with Crippen LogP contribution in [-0.4, -0.2) is 22.7 Å². The van der Waals surface area contributed by atoms with Gasteiger partial charge < -0.3 is 9.73 Å². The first-order chi connectivity index (χ1) is 11.7. The molecule has 2 aliphatic rings. The first-order valence-electron chi connectivity index (χ1n) is 8.33. The monoisotopic (exact) mass is 346 g/mol. The number of amides is 1. The van der Waals surface area contributed by atoms with Crippen LogP contribution in [0, 0.1) is 17.7 Å². The Morgan fingerprint density at radius 3 is 2.54 bits per heavy atom. The number of hydrogen-bond donors (Lipinski definition) is 1. The Labute approximate surface area is 144 Å². The van der Waals surface area contributed by atoms with Gasteiger partial charge in [-0.2, -0.15) is 0 Å². The van der Waals surface area contributed by atoms with Crippen molar-refractivity contribution in [3.05, 3.63) is 36.3 Å². The van der Waals surface area contributed by atoms with Crippen molar-refractivity contribution < 1.29 is 13.6 Å². The largest absolute Gasteiger partial charge is 0.431 e. The number of carbonyl (C=O) groups is 1. The van der Waals surface area contributed by atoms with Crippen molar-refractivity contribution in [3.63, 3.8) is 0 Å². The molecule has 2 fully saturated rings. The Balaban J connectivity index is 1.31. The molecule has 0 atom stereocenters. The van der Waals surface area contributed by atoms with Crippen molar-refractivity contribution in [2.75, 3.05) is 5.75 Å². The summed E-state index contributed by atoms with van der Waals surface area (Å²) in [5.41, 5.74) is 0.766. The molecule has 1 aromatic heterocycles. The standard InChI is InChI=1S/C18H19FN2O2S/c19-14-7-5-11(6-8-14)15-9-20-18(23-15)24-10-16(22)21-17(12-1-2-12)13-3-4-13/h5-9,12-13,17H,1-4,10H2,(H,21,22). The van der Waals surface area contributed by atoms with Crippen molar-refractivity contribution in [2.45, 2.75) is 36.9 Å². The van der Waals surface area contributed by atoms with E-state index in [-0.39, 0.29) is 11.7 Å². The van der Waals surface area contributed by atoms with Gasteiger partial charge in [-0.3, -0.25) is 4.79 Å². The second-order valence-corrected chi connectivity index (χ2v) is 7.48. The summed E-state index contributed by atoms with van der Waals surface area (Å²) in [6, 6.07) is 6.43. The molecule has 0 radical (unpaired) electrons. The highest BCUT2D eigenvalue weighted by Crippen LogP contribution is 2.44. The molecule has 4 rings (SSSR count). The number of benzene rings is 1. The van der Waals surface area contributed by atoms with E-state index in [1.54, 1.807) is 18.3 Å². The van der Waals surface area contributed by atoms with Crippen LogP contribution in [-0.2, 0) is 4.79 Å². The molecule has 2 aliphatic carbocycles. The fourth-order valence-electron chi connectivity index (χ4n) is 2.96. The van der Waals surface area contributed by atoms with E-state index in [1.807, 2.05) is 0 Å². The van der Waals surface area contributed by atoms with Crippen LogP contribution in [0.1, 0.15) is 25.7 Å². The van der Waals surface area contributed by atoms with Gasteiger partial charge >= 0.3 is 0 Å². The summed E-state index contributed by atoms with van der Waals surface area (Å²) in [5, 5.41) is 3.64. The van der Waals surface area contributed by atoms with Crippen LogP contribution in [0.4, 0.5) is 4.39 Å². The van der Waals surface area contributed by atoms with E-state index < -0.39 is 0 Å². The van der Waals surface area contributed by atoms with Crippen LogP contribution >= 0.6 is 11.8 Å². The highest BCUT2D eigenvalue weighted by Gasteiger charge is 2.42. The Morgan fingerprint density at radius 1 is 1.25 bits per heavy atom. The van der Waals surface area contributed by atoms with E-state index in [0.29, 0.717) is 34.6 Å². The summed E-state index contributed by atoms with van der Waals surface area (Å²) >= 11 is 1.29. The summed E-state index contributed by atoms with van der Waals surface area (Å²) in [5.74, 6) is 2.03. The number of aromatic nitrogens is 1. The van der Waals surface area contributed by atoms with Gasteiger partial charge in [0.2, 0.25) is 5.91 Å². The zero-order valence-corrected chi connectivity index (χ0v) is 14.0. The Morgan fingerprint density at radius 2 is 1.92 bits per heavy atom. The zero-order chi connectivity index (χ0) is 16.5. The Hall–Kier alpha value is -1.82. The van der Waals surface area contributed by atoms with Gasteiger partial charge in [-0.25, -0.2) is 9.37 Å². The smallest absolute Gasteiger partial charge is 0.256 e. The summed E-state index contributed by atoms with van der Waals surface area (Å²) in [7, 11) is 0. The lowest BCUT2D eigenvalue weighted by Gasteiger charge is -2.17. The van der Waals surface area contributed by atoms with E-state index in [9.17, 15) is 9.18 Å². The minimum atomic E-state index is -0.287. The number of halogens is 1. The lowest BCUT2D eigenvalue weighted by atomic mass is 10.1. The Bertz CT molecular complexity index is 711. The molecule has 0 spiro atoms. The maximum Gasteiger partial charge on any atom is 0.256 e. The summed E-state index contributed by atoms with van der Waals surface area (Å²) in [4.78, 5) is 16.3. The SMILES string of the molecule is O=C(CSc1ncc(-c2ccc(F)cc2)o1)NC(C1CC1)C1CC1. The van der Waals surface area contributed by atoms with Gasteiger partial charge in [0.25, 0.3) is 5.22 Å². The number of rotatable bonds is 7. The molecule has 0 saturated heterocycles. The molecule has 0 aliphatic heterocycles. The predicted molar refractivity (Wildman–Crippen MR) is 90.0 cm³/mol. The maximum absolute atomic E-state index is 12.9. The fraction of sp³-hybridized carbons (Fsp3) is 0.444. The van der Waals surface area contributed by atoms with E-state index in [4.69, 9.17) is 4.42 Å². The van der Waals surface area contributed by atoms with Crippen LogP contribution in [0.5, 0.6) is 0 Å². The molecule has 0 unspecified atom stereocenters. The first-order valence-corrected chi connectivity index (χ1v) is 9.31. The molecular formula is C18H19FN2O2S. The van der Waals surface area contributed by atoms with Crippen LogP contribution < -0.4 is 5.32 Å². The minimum absolute atomic E-state index is 0.0466. The number of nitrogens with zero attached hydrogens (tertiary/aromatic N) is 1. The average molecular weight is 346 g/mol. The van der Waals surface area contributed by atoms with E-state index in [0.717, 1.165) is 5.56 Å². The normalized spacial score (nSPS) is 17.2. The minimum Gasteiger partial charge on any atom is -0.431 e. The molecule has 4 nitrogen and oxygen atoms in total. The zero-order valence-electron chi connectivity index (χ0n) is 13.2. The summed E-state index contributed by atoms with van der Waals surface area (Å²) < 4.78 is 18.6. The van der Waals surface area contributed by atoms with Gasteiger partial charge in [0, 0.05) is 11.6 Å². The van der Waals surface area contributed by atoms with Gasteiger partial charge in [0.15, 0.2) is 5.76 Å². The summed E-state index contributed by atoms with van der Waals surface area (Å²) in [6.45, 7) is 0. The van der Waals surface area contributed by atoms with Crippen molar-refractivity contribution in [1.29, 1.82) is 0 Å². The number of oxazole rings is 1. The molecule has 2 aromatic rings. The predicted octanol–water partition coefficient (Wildman–Crippen LogP) is 3.88. The van der Waals surface area contributed by atoms with E-state index in [1.165, 1.54) is 49.6 Å². The third-order valence-corrected chi connectivity index (χ3v) is 5.37. The number of carbonyl (C=O) groups excluding carboxylic acids is 1. The molecule has 1 amide bonds. The second-order valence-electron chi connectivity index (χ2n) is 6.55. The van der Waals surface area contributed by atoms with Crippen LogP contribution in [0.25, 0.3) is 11.3 Å². The molecule has 24 heavy (non-hydrogen) atoms. The highest BCUT2D eigenvalue weighted by atomic mass is 32.2. The Kier molecular flexibility index (Phi) is 4.31. The van der Waals surface area contributed by atoms with Crippen molar-refractivity contribution >= 4 is 17.7 Å². The molecule has 1 aromatic carbocycles. The van der Waals surface area contributed by atoms with Crippen molar-refractivity contribution in [1.82, 2.24) is 10.3 Å². The molecular weight excluding hydrogens is 327 g/mol. The van der Waals surface area contributed by atoms with Crippen molar-refractivity contribution in [2.24, 2.45) is 11.8 Å². The number of thioether (sulfide) groups is 1. The van der Waals surface area contributed by atoms with Crippen LogP contribution in [0.3, 0.4) is 0 Å². The van der Waals surface area contributed by atoms with E-state index >= 15 is 0 Å². The van der Waals surface area contributed by atoms with Gasteiger partial charge in [-0.05, 0) is 61.8 Å². The third kappa shape index (κ3) is 3.80. The quantitative estimate of drug-likeness (QED) is 0.773. The molecule has 126 valence electrons. The van der Waals surface area contributed by atoms with Gasteiger partial charge in [0.05, 0.1) is 11.9 Å². The van der Waals surface area contributed by atoms with Gasteiger partial charge in [0.1, 0.15) is 5.82 Å². The average Bonchev–Trinajstić information content (AvgIpc) is 3.50. The summed E-state index contributed by atoms with van der Waals surface area (Å²) in [6.07, 6.45) is 6.58. The van der Waals surface area contributed by atoms with Gasteiger partial charge in [-0.15, -0.1) is 0 Å².